The molecule has 2 atom stereocenters. The van der Waals surface area contributed by atoms with Crippen LogP contribution in [0.15, 0.2) is 122 Å². The molecule has 0 saturated heterocycles. The van der Waals surface area contributed by atoms with Crippen LogP contribution >= 0.6 is 0 Å². The molecule has 0 aliphatic heterocycles. The van der Waals surface area contributed by atoms with Gasteiger partial charge in [-0.2, -0.15) is 19.1 Å². The predicted octanol–water partition coefficient (Wildman–Crippen LogP) is 9.35. The highest BCUT2D eigenvalue weighted by Gasteiger charge is 2.33. The van der Waals surface area contributed by atoms with Crippen molar-refractivity contribution in [2.45, 2.75) is 88.0 Å². The van der Waals surface area contributed by atoms with E-state index in [0.717, 1.165) is 22.3 Å². The fraction of sp³-hybridized carbons (Fsp3) is 0.375. The van der Waals surface area contributed by atoms with E-state index in [1.54, 1.807) is 40.6 Å². The van der Waals surface area contributed by atoms with E-state index in [1.165, 1.54) is 8.61 Å². The first-order valence-electron chi connectivity index (χ1n) is 20.3. The minimum Gasteiger partial charge on any atom is -0.497 e. The Labute approximate surface area is 369 Å². The summed E-state index contributed by atoms with van der Waals surface area (Å²) in [5, 5.41) is 16.7. The summed E-state index contributed by atoms with van der Waals surface area (Å²) in [7, 11) is -0.958. The average Bonchev–Trinajstić information content (AvgIpc) is 3.29. The van der Waals surface area contributed by atoms with E-state index in [4.69, 9.17) is 29.5 Å². The van der Waals surface area contributed by atoms with Gasteiger partial charge < -0.3 is 18.9 Å². The lowest BCUT2D eigenvalue weighted by molar-refractivity contribution is 0.386. The smallest absolute Gasteiger partial charge is 0.217 e. The van der Waals surface area contributed by atoms with Crippen LogP contribution in [-0.2, 0) is 46.2 Å². The minimum atomic E-state index is -3.66. The molecule has 0 aliphatic carbocycles. The zero-order chi connectivity index (χ0) is 45.4. The predicted molar refractivity (Wildman–Crippen MR) is 244 cm³/mol. The minimum absolute atomic E-state index is 0.194. The highest BCUT2D eigenvalue weighted by atomic mass is 32.2. The molecule has 0 N–H and O–H groups in total. The van der Waals surface area contributed by atoms with Crippen LogP contribution in [0.2, 0.25) is 0 Å². The van der Waals surface area contributed by atoms with E-state index in [9.17, 15) is 16.8 Å². The number of nitrogens with zero attached hydrogens (tertiary/aromatic N) is 4. The fourth-order valence-corrected chi connectivity index (χ4v) is 10.4. The molecule has 4 rings (SSSR count). The summed E-state index contributed by atoms with van der Waals surface area (Å²) in [5.74, 6) is 2.86. The van der Waals surface area contributed by atoms with Gasteiger partial charge in [-0.25, -0.2) is 16.8 Å². The number of nitriles is 2. The van der Waals surface area contributed by atoms with Gasteiger partial charge in [0.25, 0.3) is 0 Å². The number of allylic oxidation sites excluding steroid dienone is 2. The van der Waals surface area contributed by atoms with Crippen molar-refractivity contribution in [3.8, 4) is 35.1 Å². The Morgan fingerprint density at radius 3 is 0.919 bits per heavy atom. The fourth-order valence-electron chi connectivity index (χ4n) is 6.57. The van der Waals surface area contributed by atoms with E-state index >= 15 is 0 Å². The number of sulfonamides is 2. The van der Waals surface area contributed by atoms with Crippen LogP contribution in [0.1, 0.15) is 73.6 Å². The third kappa shape index (κ3) is 16.0. The van der Waals surface area contributed by atoms with Gasteiger partial charge in [0.1, 0.15) is 23.0 Å². The maximum Gasteiger partial charge on any atom is 0.217 e. The molecule has 0 saturated carbocycles. The second-order valence-corrected chi connectivity index (χ2v) is 18.8. The van der Waals surface area contributed by atoms with Gasteiger partial charge >= 0.3 is 0 Å². The zero-order valence-electron chi connectivity index (χ0n) is 36.3. The van der Waals surface area contributed by atoms with Crippen molar-refractivity contribution >= 4 is 20.0 Å². The largest absolute Gasteiger partial charge is 0.497 e. The van der Waals surface area contributed by atoms with Gasteiger partial charge in [-0.05, 0) is 109 Å². The van der Waals surface area contributed by atoms with E-state index < -0.39 is 30.5 Å². The summed E-state index contributed by atoms with van der Waals surface area (Å²) in [5.41, 5.74) is 3.45. The third-order valence-electron chi connectivity index (χ3n) is 10.2. The lowest BCUT2D eigenvalue weighted by atomic mass is 10.1. The number of ether oxygens (including phenoxy) is 4. The summed E-state index contributed by atoms with van der Waals surface area (Å²) in [6.07, 6.45) is 6.45. The van der Waals surface area contributed by atoms with E-state index in [1.807, 2.05) is 97.1 Å². The van der Waals surface area contributed by atoms with E-state index in [-0.39, 0.29) is 39.0 Å². The number of hydrogen-bond acceptors (Lipinski definition) is 10. The van der Waals surface area contributed by atoms with Crippen LogP contribution in [0, 0.1) is 22.7 Å². The van der Waals surface area contributed by atoms with Crippen LogP contribution in [0.5, 0.6) is 23.0 Å². The summed E-state index contributed by atoms with van der Waals surface area (Å²) in [6.45, 7) is 8.35. The Morgan fingerprint density at radius 1 is 0.484 bits per heavy atom. The van der Waals surface area contributed by atoms with Crippen LogP contribution < -0.4 is 18.9 Å². The molecule has 0 amide bonds. The van der Waals surface area contributed by atoms with Crippen LogP contribution in [0.25, 0.3) is 0 Å². The molecule has 4 aromatic carbocycles. The lowest BCUT2D eigenvalue weighted by Gasteiger charge is -2.27. The summed E-state index contributed by atoms with van der Waals surface area (Å²) in [4.78, 5) is 0. The zero-order valence-corrected chi connectivity index (χ0v) is 38.0. The van der Waals surface area contributed by atoms with Crippen molar-refractivity contribution in [2.24, 2.45) is 0 Å². The monoisotopic (exact) mass is 884 g/mol. The maximum atomic E-state index is 13.6. The molecule has 14 heteroatoms. The van der Waals surface area contributed by atoms with Crippen LogP contribution in [0.3, 0.4) is 0 Å². The molecular formula is C48H60N4O8S2. The normalized spacial score (nSPS) is 12.2. The molecule has 0 radical (unpaired) electrons. The van der Waals surface area contributed by atoms with E-state index in [0.29, 0.717) is 61.5 Å². The number of hydrogen-bond donors (Lipinski definition) is 0. The first-order valence-corrected chi connectivity index (χ1v) is 23.3. The maximum absolute atomic E-state index is 13.6. The molecule has 62 heavy (non-hydrogen) atoms. The topological polar surface area (TPSA) is 159 Å². The van der Waals surface area contributed by atoms with Gasteiger partial charge in [-0.1, -0.05) is 60.7 Å². The number of benzene rings is 4. The molecule has 0 aromatic heterocycles. The molecule has 0 bridgehead atoms. The van der Waals surface area contributed by atoms with Gasteiger partial charge in [-0.3, -0.25) is 0 Å². The molecule has 4 aromatic rings. The highest BCUT2D eigenvalue weighted by Crippen LogP contribution is 2.27. The van der Waals surface area contributed by atoms with Crippen molar-refractivity contribution < 1.29 is 35.8 Å². The van der Waals surface area contributed by atoms with Gasteiger partial charge in [0.15, 0.2) is 0 Å². The third-order valence-corrected chi connectivity index (χ3v) is 14.8. The van der Waals surface area contributed by atoms with Gasteiger partial charge in [0.05, 0.1) is 51.1 Å². The van der Waals surface area contributed by atoms with Crippen LogP contribution in [0.4, 0.5) is 0 Å². The molecule has 0 spiro atoms. The van der Waals surface area contributed by atoms with Crippen molar-refractivity contribution in [3.63, 3.8) is 0 Å². The molecular weight excluding hydrogens is 825 g/mol. The second kappa shape index (κ2) is 26.6. The Hall–Kier alpha value is -5.64. The van der Waals surface area contributed by atoms with Gasteiger partial charge in [0, 0.05) is 39.0 Å². The van der Waals surface area contributed by atoms with Crippen LogP contribution in [-0.4, -0.2) is 64.4 Å². The molecule has 12 nitrogen and oxygen atoms in total. The molecule has 332 valence electrons. The Balaban J connectivity index is 0.000000330. The van der Waals surface area contributed by atoms with E-state index in [2.05, 4.69) is 25.3 Å². The Morgan fingerprint density at radius 2 is 0.726 bits per heavy atom. The first kappa shape index (κ1) is 50.7. The highest BCUT2D eigenvalue weighted by molar-refractivity contribution is 7.90. The Kier molecular flexibility index (Phi) is 21.8. The quantitative estimate of drug-likeness (QED) is 0.0556. The average molecular weight is 885 g/mol. The van der Waals surface area contributed by atoms with Crippen molar-refractivity contribution in [1.29, 1.82) is 10.5 Å². The summed E-state index contributed by atoms with van der Waals surface area (Å²) in [6, 6.07) is 33.6. The molecule has 0 aliphatic rings. The SMILES string of the molecule is C=CCC[C@@H](CCC#N)S(=O)(=O)N(Cc1ccc(OC)cc1)Cc1ccc(OC)cc1.C=CCC[C@H](CCC#N)S(=O)(=O)N(Cc1ccc(OC)cc1)Cc1ccc(OC)cc1. The van der Waals surface area contributed by atoms with Gasteiger partial charge in [0.2, 0.25) is 20.0 Å². The molecule has 0 heterocycles. The number of methoxy groups -OCH3 is 4. The number of rotatable bonds is 26. The first-order chi connectivity index (χ1) is 29.9. The standard InChI is InChI=1S/2C24H30N2O4S/c2*1-4-5-7-24(8-6-17-25)31(27,28)26(18-20-9-13-22(29-2)14-10-20)19-21-11-15-23(30-3)16-12-21/h2*4,9-16,24H,1,5-8,18-19H2,2-3H3/t2*24-/m10/s1. The van der Waals surface area contributed by atoms with Crippen molar-refractivity contribution in [2.75, 3.05) is 28.4 Å². The lowest BCUT2D eigenvalue weighted by Crippen LogP contribution is -2.38. The molecule has 0 fully saturated rings. The summed E-state index contributed by atoms with van der Waals surface area (Å²) < 4.78 is 78.3. The second-order valence-electron chi connectivity index (χ2n) is 14.4. The summed E-state index contributed by atoms with van der Waals surface area (Å²) >= 11 is 0. The van der Waals surface area contributed by atoms with Crippen molar-refractivity contribution in [3.05, 3.63) is 145 Å². The molecule has 0 unspecified atom stereocenters. The van der Waals surface area contributed by atoms with Crippen molar-refractivity contribution in [1.82, 2.24) is 8.61 Å². The Bertz CT molecular complexity index is 1990. The van der Waals surface area contributed by atoms with Gasteiger partial charge in [-0.15, -0.1) is 13.2 Å².